The summed E-state index contributed by atoms with van der Waals surface area (Å²) in [4.78, 5) is 22.7. The maximum Gasteiger partial charge on any atom is 0.422 e. The van der Waals surface area contributed by atoms with Crippen molar-refractivity contribution in [2.45, 2.75) is 19.1 Å². The number of hydrogen-bond donors (Lipinski definition) is 0. The van der Waals surface area contributed by atoms with Crippen molar-refractivity contribution in [3.63, 3.8) is 0 Å². The van der Waals surface area contributed by atoms with E-state index in [-0.39, 0.29) is 13.0 Å². The number of carbonyl (C=O) groups excluding carboxylic acids is 1. The van der Waals surface area contributed by atoms with Gasteiger partial charge in [-0.3, -0.25) is 9.36 Å². The second kappa shape index (κ2) is 5.40. The van der Waals surface area contributed by atoms with Crippen LogP contribution in [0.1, 0.15) is 6.42 Å². The second-order valence-electron chi connectivity index (χ2n) is 4.01. The molecule has 0 aliphatic carbocycles. The lowest BCUT2D eigenvalue weighted by molar-refractivity contribution is -0.186. The van der Waals surface area contributed by atoms with Crippen molar-refractivity contribution in [2.75, 3.05) is 6.61 Å². The summed E-state index contributed by atoms with van der Waals surface area (Å²) in [5.74, 6) is -1.70. The van der Waals surface area contributed by atoms with Crippen LogP contribution in [0.25, 0.3) is 11.1 Å². The van der Waals surface area contributed by atoms with Gasteiger partial charge >= 0.3 is 17.9 Å². The first-order valence-corrected chi connectivity index (χ1v) is 5.67. The Balaban J connectivity index is 2.01. The molecule has 1 heterocycles. The van der Waals surface area contributed by atoms with Gasteiger partial charge in [0.05, 0.1) is 11.9 Å². The number of ether oxygens (including phenoxy) is 1. The monoisotopic (exact) mass is 289 g/mol. The van der Waals surface area contributed by atoms with Gasteiger partial charge in [-0.15, -0.1) is 0 Å². The van der Waals surface area contributed by atoms with E-state index < -0.39 is 24.5 Å². The van der Waals surface area contributed by atoms with Gasteiger partial charge in [0, 0.05) is 6.54 Å². The van der Waals surface area contributed by atoms with Crippen molar-refractivity contribution in [3.05, 3.63) is 34.8 Å². The lowest BCUT2D eigenvalue weighted by Crippen LogP contribution is -2.22. The predicted octanol–water partition coefficient (Wildman–Crippen LogP) is 2.09. The summed E-state index contributed by atoms with van der Waals surface area (Å²) >= 11 is 0. The molecule has 8 heteroatoms. The molecule has 0 saturated carbocycles. The third-order valence-electron chi connectivity index (χ3n) is 2.51. The van der Waals surface area contributed by atoms with Crippen molar-refractivity contribution < 1.29 is 27.1 Å². The minimum absolute atomic E-state index is 0.105. The van der Waals surface area contributed by atoms with E-state index in [0.29, 0.717) is 11.1 Å². The van der Waals surface area contributed by atoms with E-state index in [9.17, 15) is 22.8 Å². The first-order chi connectivity index (χ1) is 9.37. The summed E-state index contributed by atoms with van der Waals surface area (Å²) in [6, 6.07) is 6.54. The van der Waals surface area contributed by atoms with Gasteiger partial charge in [-0.25, -0.2) is 4.79 Å². The maximum atomic E-state index is 11.9. The van der Waals surface area contributed by atoms with Crippen LogP contribution in [0.3, 0.4) is 0 Å². The quantitative estimate of drug-likeness (QED) is 0.809. The number of hydrogen-bond acceptors (Lipinski definition) is 4. The molecule has 108 valence electrons. The van der Waals surface area contributed by atoms with E-state index in [4.69, 9.17) is 4.42 Å². The number of para-hydroxylation sites is 2. The van der Waals surface area contributed by atoms with Gasteiger partial charge in [0.15, 0.2) is 12.2 Å². The Hall–Kier alpha value is -2.25. The van der Waals surface area contributed by atoms with Crippen LogP contribution in [0.4, 0.5) is 13.2 Å². The normalized spacial score (nSPS) is 11.8. The Morgan fingerprint density at radius 2 is 2.00 bits per heavy atom. The van der Waals surface area contributed by atoms with Crippen LogP contribution in [0.5, 0.6) is 0 Å². The summed E-state index contributed by atoms with van der Waals surface area (Å²) in [6.07, 6.45) is -4.91. The third kappa shape index (κ3) is 3.40. The fourth-order valence-electron chi connectivity index (χ4n) is 1.66. The summed E-state index contributed by atoms with van der Waals surface area (Å²) in [6.45, 7) is -1.74. The number of aromatic nitrogens is 1. The van der Waals surface area contributed by atoms with Gasteiger partial charge in [0.1, 0.15) is 0 Å². The fourth-order valence-corrected chi connectivity index (χ4v) is 1.66. The molecule has 0 aliphatic heterocycles. The zero-order valence-electron chi connectivity index (χ0n) is 10.1. The Labute approximate surface area is 110 Å². The standard InChI is InChI=1S/C12H10F3NO4/c13-12(14,15)7-19-10(17)5-6-16-8-3-1-2-4-9(8)20-11(16)18/h1-4H,5-7H2. The van der Waals surface area contributed by atoms with Crippen molar-refractivity contribution in [1.82, 2.24) is 4.57 Å². The molecule has 0 bridgehead atoms. The number of halogens is 3. The van der Waals surface area contributed by atoms with Crippen molar-refractivity contribution in [2.24, 2.45) is 0 Å². The zero-order valence-corrected chi connectivity index (χ0v) is 10.1. The summed E-state index contributed by atoms with van der Waals surface area (Å²) in [7, 11) is 0. The predicted molar refractivity (Wildman–Crippen MR) is 62.1 cm³/mol. The fraction of sp³-hybridized carbons (Fsp3) is 0.333. The molecule has 0 amide bonds. The summed E-state index contributed by atoms with van der Waals surface area (Å²) in [5.41, 5.74) is 0.822. The lowest BCUT2D eigenvalue weighted by atomic mass is 10.3. The topological polar surface area (TPSA) is 61.4 Å². The molecule has 0 spiro atoms. The molecule has 0 unspecified atom stereocenters. The smallest absolute Gasteiger partial charge is 0.422 e. The van der Waals surface area contributed by atoms with Crippen LogP contribution in [0, 0.1) is 0 Å². The minimum Gasteiger partial charge on any atom is -0.456 e. The van der Waals surface area contributed by atoms with Crippen LogP contribution in [0.15, 0.2) is 33.5 Å². The number of nitrogens with zero attached hydrogens (tertiary/aromatic N) is 1. The molecule has 1 aromatic heterocycles. The zero-order chi connectivity index (χ0) is 14.8. The van der Waals surface area contributed by atoms with Crippen LogP contribution in [-0.2, 0) is 16.1 Å². The van der Waals surface area contributed by atoms with Crippen LogP contribution >= 0.6 is 0 Å². The van der Waals surface area contributed by atoms with E-state index in [1.165, 1.54) is 4.57 Å². The highest BCUT2D eigenvalue weighted by Gasteiger charge is 2.29. The molecule has 0 fully saturated rings. The highest BCUT2D eigenvalue weighted by atomic mass is 19.4. The molecule has 0 N–H and O–H groups in total. The van der Waals surface area contributed by atoms with E-state index in [1.807, 2.05) is 0 Å². The first kappa shape index (κ1) is 14.2. The number of fused-ring (bicyclic) bond motifs is 1. The molecule has 2 aromatic rings. The largest absolute Gasteiger partial charge is 0.456 e. The number of aryl methyl sites for hydroxylation is 1. The Bertz CT molecular complexity index is 671. The van der Waals surface area contributed by atoms with E-state index in [0.717, 1.165) is 0 Å². The minimum atomic E-state index is -4.56. The molecule has 1 aromatic carbocycles. The van der Waals surface area contributed by atoms with Gasteiger partial charge in [-0.05, 0) is 12.1 Å². The highest BCUT2D eigenvalue weighted by Crippen LogP contribution is 2.15. The Morgan fingerprint density at radius 3 is 2.70 bits per heavy atom. The third-order valence-corrected chi connectivity index (χ3v) is 2.51. The van der Waals surface area contributed by atoms with Gasteiger partial charge in [0.2, 0.25) is 0 Å². The number of esters is 1. The van der Waals surface area contributed by atoms with E-state index in [2.05, 4.69) is 4.74 Å². The average molecular weight is 289 g/mol. The first-order valence-electron chi connectivity index (χ1n) is 5.67. The molecular weight excluding hydrogens is 279 g/mol. The van der Waals surface area contributed by atoms with Crippen molar-refractivity contribution >= 4 is 17.1 Å². The number of carbonyl (C=O) groups is 1. The molecular formula is C12H10F3NO4. The Kier molecular flexibility index (Phi) is 3.82. The molecule has 5 nitrogen and oxygen atoms in total. The summed E-state index contributed by atoms with van der Waals surface area (Å²) in [5, 5.41) is 0. The highest BCUT2D eigenvalue weighted by molar-refractivity contribution is 5.73. The number of benzene rings is 1. The molecule has 0 saturated heterocycles. The molecule has 2 rings (SSSR count). The second-order valence-corrected chi connectivity index (χ2v) is 4.01. The van der Waals surface area contributed by atoms with E-state index in [1.54, 1.807) is 24.3 Å². The van der Waals surface area contributed by atoms with Crippen molar-refractivity contribution in [3.8, 4) is 0 Å². The molecule has 0 atom stereocenters. The lowest BCUT2D eigenvalue weighted by Gasteiger charge is -2.07. The molecule has 20 heavy (non-hydrogen) atoms. The maximum absolute atomic E-state index is 11.9. The SMILES string of the molecule is O=C(CCn1c(=O)oc2ccccc21)OCC(F)(F)F. The number of rotatable bonds is 4. The van der Waals surface area contributed by atoms with Gasteiger partial charge in [0.25, 0.3) is 0 Å². The molecule has 0 aliphatic rings. The van der Waals surface area contributed by atoms with Gasteiger partial charge in [-0.1, -0.05) is 12.1 Å². The van der Waals surface area contributed by atoms with Crippen molar-refractivity contribution in [1.29, 1.82) is 0 Å². The number of alkyl halides is 3. The van der Waals surface area contributed by atoms with Crippen LogP contribution in [-0.4, -0.2) is 23.3 Å². The van der Waals surface area contributed by atoms with Gasteiger partial charge in [-0.2, -0.15) is 13.2 Å². The van der Waals surface area contributed by atoms with Gasteiger partial charge < -0.3 is 9.15 Å². The molecule has 0 radical (unpaired) electrons. The Morgan fingerprint density at radius 1 is 1.30 bits per heavy atom. The number of oxazole rings is 1. The van der Waals surface area contributed by atoms with E-state index >= 15 is 0 Å². The average Bonchev–Trinajstić information content (AvgIpc) is 2.69. The summed E-state index contributed by atoms with van der Waals surface area (Å²) < 4.78 is 45.7. The van der Waals surface area contributed by atoms with Crippen LogP contribution in [0.2, 0.25) is 0 Å². The van der Waals surface area contributed by atoms with Crippen LogP contribution < -0.4 is 5.76 Å².